The highest BCUT2D eigenvalue weighted by Crippen LogP contribution is 2.29. The van der Waals surface area contributed by atoms with Crippen molar-refractivity contribution in [1.29, 1.82) is 0 Å². The molecule has 110 valence electrons. The van der Waals surface area contributed by atoms with Crippen LogP contribution in [-0.2, 0) is 10.2 Å². The predicted octanol–water partition coefficient (Wildman–Crippen LogP) is 4.99. The molecule has 0 saturated heterocycles. The molecule has 0 aliphatic rings. The van der Waals surface area contributed by atoms with Crippen molar-refractivity contribution in [2.45, 2.75) is 24.3 Å². The molecule has 2 nitrogen and oxygen atoms in total. The maximum atomic E-state index is 12.6. The van der Waals surface area contributed by atoms with Crippen molar-refractivity contribution in [3.8, 4) is 5.75 Å². The third-order valence-electron chi connectivity index (χ3n) is 3.37. The quantitative estimate of drug-likeness (QED) is 0.696. The van der Waals surface area contributed by atoms with E-state index in [0.717, 1.165) is 5.56 Å². The maximum Gasteiger partial charge on any atom is 0.211 e. The first-order chi connectivity index (χ1) is 9.91. The molecule has 0 amide bonds. The molecule has 0 heterocycles. The highest BCUT2D eigenvalue weighted by Gasteiger charge is 2.35. The minimum absolute atomic E-state index is 0.0383. The third-order valence-corrected chi connectivity index (χ3v) is 4.23. The SMILES string of the molecule is CC(C)(C(=O)C(Br)Oc1ccc(Cl)cc1)c1ccccc1. The monoisotopic (exact) mass is 366 g/mol. The van der Waals surface area contributed by atoms with E-state index in [2.05, 4.69) is 15.9 Å². The molecule has 0 aromatic heterocycles. The van der Waals surface area contributed by atoms with E-state index < -0.39 is 10.4 Å². The van der Waals surface area contributed by atoms with Crippen LogP contribution in [-0.4, -0.2) is 10.8 Å². The Kier molecular flexibility index (Phi) is 5.07. The summed E-state index contributed by atoms with van der Waals surface area (Å²) in [4.78, 5) is 12.6. The number of carbonyl (C=O) groups is 1. The summed E-state index contributed by atoms with van der Waals surface area (Å²) in [5.41, 5.74) is 0.321. The van der Waals surface area contributed by atoms with Crippen molar-refractivity contribution >= 4 is 33.3 Å². The molecule has 2 rings (SSSR count). The Morgan fingerprint density at radius 2 is 1.67 bits per heavy atom. The van der Waals surface area contributed by atoms with Gasteiger partial charge >= 0.3 is 0 Å². The number of carbonyl (C=O) groups excluding carboxylic acids is 1. The molecule has 0 aliphatic carbocycles. The molecule has 0 aliphatic heterocycles. The number of hydrogen-bond donors (Lipinski definition) is 0. The number of Topliss-reactive ketones (excluding diaryl/α,β-unsaturated/α-hetero) is 1. The second kappa shape index (κ2) is 6.63. The van der Waals surface area contributed by atoms with E-state index in [-0.39, 0.29) is 5.78 Å². The Labute approximate surface area is 138 Å². The molecule has 2 aromatic rings. The van der Waals surface area contributed by atoms with Gasteiger partial charge in [-0.3, -0.25) is 4.79 Å². The summed E-state index contributed by atoms with van der Waals surface area (Å²) in [5.74, 6) is 0.558. The average Bonchev–Trinajstić information content (AvgIpc) is 2.49. The number of hydrogen-bond acceptors (Lipinski definition) is 2. The minimum atomic E-state index is -0.714. The van der Waals surface area contributed by atoms with Crippen LogP contribution in [0.25, 0.3) is 0 Å². The van der Waals surface area contributed by atoms with E-state index >= 15 is 0 Å². The van der Waals surface area contributed by atoms with Crippen LogP contribution in [0.5, 0.6) is 5.75 Å². The summed E-state index contributed by atoms with van der Waals surface area (Å²) in [5, 5.41) is -0.0849. The third kappa shape index (κ3) is 3.86. The number of benzene rings is 2. The van der Waals surface area contributed by atoms with Crippen molar-refractivity contribution in [1.82, 2.24) is 0 Å². The molecular formula is C17H16BrClO2. The van der Waals surface area contributed by atoms with Gasteiger partial charge in [0.25, 0.3) is 0 Å². The van der Waals surface area contributed by atoms with Crippen LogP contribution in [0.2, 0.25) is 5.02 Å². The summed E-state index contributed by atoms with van der Waals surface area (Å²) < 4.78 is 5.65. The van der Waals surface area contributed by atoms with Crippen LogP contribution in [0.4, 0.5) is 0 Å². The lowest BCUT2D eigenvalue weighted by molar-refractivity contribution is -0.126. The van der Waals surface area contributed by atoms with Crippen LogP contribution < -0.4 is 4.74 Å². The van der Waals surface area contributed by atoms with Crippen LogP contribution >= 0.6 is 27.5 Å². The molecule has 0 fully saturated rings. The molecule has 0 saturated carbocycles. The first kappa shape index (κ1) is 16.1. The standard InChI is InChI=1S/C17H16BrClO2/c1-17(2,12-6-4-3-5-7-12)15(20)16(18)21-14-10-8-13(19)9-11-14/h3-11,16H,1-2H3. The van der Waals surface area contributed by atoms with Gasteiger partial charge in [-0.1, -0.05) is 41.9 Å². The van der Waals surface area contributed by atoms with Crippen molar-refractivity contribution < 1.29 is 9.53 Å². The molecule has 1 unspecified atom stereocenters. The van der Waals surface area contributed by atoms with Crippen LogP contribution in [0, 0.1) is 0 Å². The molecule has 1 atom stereocenters. The van der Waals surface area contributed by atoms with Gasteiger partial charge < -0.3 is 4.74 Å². The maximum absolute atomic E-state index is 12.6. The van der Waals surface area contributed by atoms with Crippen molar-refractivity contribution in [2.24, 2.45) is 0 Å². The average molecular weight is 368 g/mol. The lowest BCUT2D eigenvalue weighted by Gasteiger charge is -2.26. The summed E-state index contributed by atoms with van der Waals surface area (Å²) in [7, 11) is 0. The zero-order valence-electron chi connectivity index (χ0n) is 11.8. The fourth-order valence-electron chi connectivity index (χ4n) is 1.97. The van der Waals surface area contributed by atoms with E-state index in [1.807, 2.05) is 44.2 Å². The van der Waals surface area contributed by atoms with Crippen molar-refractivity contribution in [3.05, 3.63) is 65.2 Å². The second-order valence-corrected chi connectivity index (χ2v) is 6.51. The number of rotatable bonds is 5. The Morgan fingerprint density at radius 3 is 2.24 bits per heavy atom. The lowest BCUT2D eigenvalue weighted by Crippen LogP contribution is -2.37. The van der Waals surface area contributed by atoms with Gasteiger partial charge in [0.05, 0.1) is 5.41 Å². The first-order valence-corrected chi connectivity index (χ1v) is 7.87. The summed E-state index contributed by atoms with van der Waals surface area (Å²) in [6.45, 7) is 3.79. The zero-order chi connectivity index (χ0) is 15.5. The number of ether oxygens (including phenoxy) is 1. The fraction of sp³-hybridized carbons (Fsp3) is 0.235. The second-order valence-electron chi connectivity index (χ2n) is 5.24. The van der Waals surface area contributed by atoms with Crippen molar-refractivity contribution in [3.63, 3.8) is 0 Å². The van der Waals surface area contributed by atoms with Gasteiger partial charge in [0.1, 0.15) is 5.75 Å². The fourth-order valence-corrected chi connectivity index (χ4v) is 2.88. The lowest BCUT2D eigenvalue weighted by atomic mass is 9.81. The largest absolute Gasteiger partial charge is 0.471 e. The van der Waals surface area contributed by atoms with Gasteiger partial charge in [-0.05, 0) is 59.6 Å². The molecule has 0 bridgehead atoms. The highest BCUT2D eigenvalue weighted by atomic mass is 79.9. The molecule has 21 heavy (non-hydrogen) atoms. The molecule has 0 N–H and O–H groups in total. The van der Waals surface area contributed by atoms with Gasteiger partial charge in [0, 0.05) is 5.02 Å². The highest BCUT2D eigenvalue weighted by molar-refractivity contribution is 9.09. The van der Waals surface area contributed by atoms with Crippen LogP contribution in [0.3, 0.4) is 0 Å². The van der Waals surface area contributed by atoms with E-state index in [1.165, 1.54) is 0 Å². The van der Waals surface area contributed by atoms with Crippen molar-refractivity contribution in [2.75, 3.05) is 0 Å². The van der Waals surface area contributed by atoms with E-state index in [9.17, 15) is 4.79 Å². The summed E-state index contributed by atoms with van der Waals surface area (Å²) in [6, 6.07) is 16.6. The molecule has 0 spiro atoms. The Balaban J connectivity index is 2.13. The van der Waals surface area contributed by atoms with E-state index in [4.69, 9.17) is 16.3 Å². The number of ketones is 1. The number of alkyl halides is 1. The number of halogens is 2. The molecule has 4 heteroatoms. The summed E-state index contributed by atoms with van der Waals surface area (Å²) >= 11 is 9.16. The molecule has 2 aromatic carbocycles. The molecular weight excluding hydrogens is 352 g/mol. The topological polar surface area (TPSA) is 26.3 Å². The van der Waals surface area contributed by atoms with Gasteiger partial charge in [-0.25, -0.2) is 0 Å². The van der Waals surface area contributed by atoms with E-state index in [1.54, 1.807) is 24.3 Å². The van der Waals surface area contributed by atoms with E-state index in [0.29, 0.717) is 10.8 Å². The molecule has 0 radical (unpaired) electrons. The zero-order valence-corrected chi connectivity index (χ0v) is 14.2. The summed E-state index contributed by atoms with van der Waals surface area (Å²) in [6.07, 6.45) is 0. The van der Waals surface area contributed by atoms with Gasteiger partial charge in [0.15, 0.2) is 5.78 Å². The Morgan fingerprint density at radius 1 is 1.10 bits per heavy atom. The van der Waals surface area contributed by atoms with Gasteiger partial charge in [0.2, 0.25) is 5.01 Å². The van der Waals surface area contributed by atoms with Gasteiger partial charge in [-0.2, -0.15) is 0 Å². The normalized spacial score (nSPS) is 12.8. The predicted molar refractivity (Wildman–Crippen MR) is 89.3 cm³/mol. The first-order valence-electron chi connectivity index (χ1n) is 6.57. The Hall–Kier alpha value is -1.32. The Bertz CT molecular complexity index is 608. The minimum Gasteiger partial charge on any atom is -0.471 e. The van der Waals surface area contributed by atoms with Gasteiger partial charge in [-0.15, -0.1) is 0 Å². The van der Waals surface area contributed by atoms with Crippen LogP contribution in [0.15, 0.2) is 54.6 Å². The van der Waals surface area contributed by atoms with Crippen LogP contribution in [0.1, 0.15) is 19.4 Å². The smallest absolute Gasteiger partial charge is 0.211 e.